The van der Waals surface area contributed by atoms with Crippen LogP contribution in [0.3, 0.4) is 0 Å². The first-order valence-electron chi connectivity index (χ1n) is 5.95. The summed E-state index contributed by atoms with van der Waals surface area (Å²) in [6, 6.07) is 2.09. The van der Waals surface area contributed by atoms with Gasteiger partial charge < -0.3 is 20.7 Å². The third kappa shape index (κ3) is 3.11. The lowest BCUT2D eigenvalue weighted by molar-refractivity contribution is 0.199. The zero-order valence-electron chi connectivity index (χ0n) is 10.3. The molecule has 1 heterocycles. The van der Waals surface area contributed by atoms with E-state index in [1.54, 1.807) is 0 Å². The fourth-order valence-electron chi connectivity index (χ4n) is 1.85. The molecule has 0 spiro atoms. The smallest absolute Gasteiger partial charge is 0.317 e. The van der Waals surface area contributed by atoms with E-state index in [0.717, 1.165) is 12.1 Å². The normalized spacial score (nSPS) is 14.7. The summed E-state index contributed by atoms with van der Waals surface area (Å²) in [5.41, 5.74) is 5.67. The molecule has 2 amide bonds. The van der Waals surface area contributed by atoms with Gasteiger partial charge in [0.2, 0.25) is 0 Å². The molecule has 5 nitrogen and oxygen atoms in total. The van der Waals surface area contributed by atoms with Gasteiger partial charge in [0.05, 0.1) is 6.54 Å². The van der Waals surface area contributed by atoms with E-state index in [4.69, 9.17) is 10.5 Å². The molecule has 0 unspecified atom stereocenters. The molecule has 3 N–H and O–H groups in total. The second kappa shape index (κ2) is 5.83. The number of ether oxygens (including phenoxy) is 1. The molecule has 0 atom stereocenters. The highest BCUT2D eigenvalue weighted by atomic mass is 19.1. The minimum Gasteiger partial charge on any atom is -0.486 e. The van der Waals surface area contributed by atoms with E-state index in [-0.39, 0.29) is 25.7 Å². The lowest BCUT2D eigenvalue weighted by Crippen LogP contribution is -2.32. The van der Waals surface area contributed by atoms with Crippen LogP contribution in [0, 0.1) is 11.6 Å². The summed E-state index contributed by atoms with van der Waals surface area (Å²) in [6.07, 6.45) is 0. The Kier molecular flexibility index (Phi) is 4.16. The van der Waals surface area contributed by atoms with Crippen molar-refractivity contribution in [2.45, 2.75) is 6.54 Å². The van der Waals surface area contributed by atoms with Crippen molar-refractivity contribution in [3.8, 4) is 5.75 Å². The average molecular weight is 271 g/mol. The van der Waals surface area contributed by atoms with Crippen LogP contribution in [0.15, 0.2) is 12.1 Å². The summed E-state index contributed by atoms with van der Waals surface area (Å²) in [6.45, 7) is 1.51. The number of carbonyl (C=O) groups excluding carboxylic acids is 1. The van der Waals surface area contributed by atoms with Gasteiger partial charge in [-0.1, -0.05) is 0 Å². The maximum absolute atomic E-state index is 13.6. The number of carbonyl (C=O) groups is 1. The summed E-state index contributed by atoms with van der Waals surface area (Å²) in [7, 11) is 0. The molecular weight excluding hydrogens is 256 g/mol. The Hall–Kier alpha value is -1.89. The average Bonchev–Trinajstić information content (AvgIpc) is 2.78. The predicted octanol–water partition coefficient (Wildman–Crippen LogP) is 0.828. The Morgan fingerprint density at radius 3 is 2.58 bits per heavy atom. The van der Waals surface area contributed by atoms with Crippen LogP contribution in [0.5, 0.6) is 5.75 Å². The molecule has 1 aliphatic heterocycles. The monoisotopic (exact) mass is 271 g/mol. The Balaban J connectivity index is 1.94. The molecule has 1 aliphatic rings. The van der Waals surface area contributed by atoms with Crippen molar-refractivity contribution in [2.24, 2.45) is 5.73 Å². The van der Waals surface area contributed by atoms with Gasteiger partial charge in [0.1, 0.15) is 6.61 Å². The lowest BCUT2D eigenvalue weighted by atomic mass is 10.2. The number of hydrogen-bond donors (Lipinski definition) is 2. The zero-order chi connectivity index (χ0) is 13.8. The van der Waals surface area contributed by atoms with Gasteiger partial charge in [-0.05, 0) is 17.7 Å². The number of rotatable bonds is 5. The van der Waals surface area contributed by atoms with E-state index >= 15 is 0 Å². The van der Waals surface area contributed by atoms with Crippen molar-refractivity contribution in [2.75, 3.05) is 26.2 Å². The van der Waals surface area contributed by atoms with Gasteiger partial charge in [-0.2, -0.15) is 0 Å². The summed E-state index contributed by atoms with van der Waals surface area (Å²) in [4.78, 5) is 12.7. The highest BCUT2D eigenvalue weighted by molar-refractivity contribution is 5.76. The van der Waals surface area contributed by atoms with E-state index < -0.39 is 17.4 Å². The third-order valence-electron chi connectivity index (χ3n) is 2.85. The number of nitrogens with one attached hydrogen (secondary N) is 1. The Bertz CT molecular complexity index is 459. The molecule has 19 heavy (non-hydrogen) atoms. The number of urea groups is 1. The predicted molar refractivity (Wildman–Crippen MR) is 64.7 cm³/mol. The summed E-state index contributed by atoms with van der Waals surface area (Å²) < 4.78 is 32.2. The topological polar surface area (TPSA) is 67.6 Å². The second-order valence-corrected chi connectivity index (χ2v) is 4.16. The van der Waals surface area contributed by atoms with Gasteiger partial charge >= 0.3 is 6.03 Å². The molecule has 0 aromatic heterocycles. The molecule has 7 heteroatoms. The van der Waals surface area contributed by atoms with Crippen LogP contribution in [-0.4, -0.2) is 37.2 Å². The number of halogens is 2. The van der Waals surface area contributed by atoms with Crippen molar-refractivity contribution >= 4 is 6.03 Å². The Morgan fingerprint density at radius 2 is 2.05 bits per heavy atom. The molecule has 0 bridgehead atoms. The molecule has 104 valence electrons. The van der Waals surface area contributed by atoms with Gasteiger partial charge in [0, 0.05) is 19.6 Å². The lowest BCUT2D eigenvalue weighted by Gasteiger charge is -2.15. The molecule has 1 aromatic carbocycles. The molecule has 1 saturated heterocycles. The number of amides is 2. The largest absolute Gasteiger partial charge is 0.486 e. The minimum absolute atomic E-state index is 0.0310. The van der Waals surface area contributed by atoms with E-state index in [2.05, 4.69) is 5.32 Å². The minimum atomic E-state index is -0.786. The van der Waals surface area contributed by atoms with Gasteiger partial charge in [-0.25, -0.2) is 13.6 Å². The van der Waals surface area contributed by atoms with Crippen molar-refractivity contribution in [1.29, 1.82) is 0 Å². The van der Waals surface area contributed by atoms with E-state index in [0.29, 0.717) is 18.7 Å². The molecule has 0 saturated carbocycles. The fraction of sp³-hybridized carbons (Fsp3) is 0.417. The van der Waals surface area contributed by atoms with E-state index in [1.165, 1.54) is 4.90 Å². The molecule has 0 aliphatic carbocycles. The summed E-state index contributed by atoms with van der Waals surface area (Å²) >= 11 is 0. The highest BCUT2D eigenvalue weighted by Crippen LogP contribution is 2.23. The van der Waals surface area contributed by atoms with Crippen LogP contribution >= 0.6 is 0 Å². The first-order valence-corrected chi connectivity index (χ1v) is 5.95. The molecular formula is C12H15F2N3O2. The fourth-order valence-corrected chi connectivity index (χ4v) is 1.85. The summed E-state index contributed by atoms with van der Waals surface area (Å²) in [5.74, 6) is -2.01. The SMILES string of the molecule is NCc1cc(F)c(OCCN2CCNC2=O)c(F)c1. The van der Waals surface area contributed by atoms with Crippen LogP contribution in [0.2, 0.25) is 0 Å². The number of hydrogen-bond acceptors (Lipinski definition) is 3. The molecule has 1 aromatic rings. The number of nitrogens with zero attached hydrogens (tertiary/aromatic N) is 1. The van der Waals surface area contributed by atoms with E-state index in [1.807, 2.05) is 0 Å². The van der Waals surface area contributed by atoms with Crippen LogP contribution < -0.4 is 15.8 Å². The van der Waals surface area contributed by atoms with Crippen LogP contribution in [0.4, 0.5) is 13.6 Å². The van der Waals surface area contributed by atoms with Crippen molar-refractivity contribution in [3.63, 3.8) is 0 Å². The zero-order valence-corrected chi connectivity index (χ0v) is 10.3. The van der Waals surface area contributed by atoms with Crippen molar-refractivity contribution in [3.05, 3.63) is 29.3 Å². The molecule has 0 radical (unpaired) electrons. The third-order valence-corrected chi connectivity index (χ3v) is 2.85. The van der Waals surface area contributed by atoms with E-state index in [9.17, 15) is 13.6 Å². The van der Waals surface area contributed by atoms with Crippen molar-refractivity contribution in [1.82, 2.24) is 10.2 Å². The van der Waals surface area contributed by atoms with Gasteiger partial charge in [-0.3, -0.25) is 0 Å². The van der Waals surface area contributed by atoms with Crippen LogP contribution in [0.1, 0.15) is 5.56 Å². The van der Waals surface area contributed by atoms with Crippen LogP contribution in [-0.2, 0) is 6.54 Å². The Morgan fingerprint density at radius 1 is 1.37 bits per heavy atom. The maximum Gasteiger partial charge on any atom is 0.317 e. The quantitative estimate of drug-likeness (QED) is 0.833. The van der Waals surface area contributed by atoms with Gasteiger partial charge in [0.25, 0.3) is 0 Å². The maximum atomic E-state index is 13.6. The van der Waals surface area contributed by atoms with Gasteiger partial charge in [-0.15, -0.1) is 0 Å². The first-order chi connectivity index (χ1) is 9.11. The van der Waals surface area contributed by atoms with Gasteiger partial charge in [0.15, 0.2) is 17.4 Å². The number of benzene rings is 1. The molecule has 2 rings (SSSR count). The molecule has 1 fully saturated rings. The highest BCUT2D eigenvalue weighted by Gasteiger charge is 2.19. The van der Waals surface area contributed by atoms with Crippen LogP contribution in [0.25, 0.3) is 0 Å². The van der Waals surface area contributed by atoms with Crippen molar-refractivity contribution < 1.29 is 18.3 Å². The first kappa shape index (κ1) is 13.5. The standard InChI is InChI=1S/C12H15F2N3O2/c13-9-5-8(7-15)6-10(14)11(9)19-4-3-17-2-1-16-12(17)18/h5-6H,1-4,7,15H2,(H,16,18). The number of nitrogens with two attached hydrogens (primary N) is 1. The second-order valence-electron chi connectivity index (χ2n) is 4.16. The Labute approximate surface area is 109 Å². The summed E-state index contributed by atoms with van der Waals surface area (Å²) in [5, 5.41) is 2.63.